The van der Waals surface area contributed by atoms with Gasteiger partial charge in [-0.1, -0.05) is 140 Å². The monoisotopic (exact) mass is 696 g/mol. The second-order valence-electron chi connectivity index (χ2n) is 15.4. The SMILES string of the molecule is BC(O)(O)C(B)(C)c1nc2c(n1-c1ccc(-c3c4ccccc4c(-c4cc5ccccc5c5ccccc45)c4ccccc34)c3ccccc13)C=CCC2. The van der Waals surface area contributed by atoms with Crippen LogP contribution in [-0.4, -0.2) is 41.1 Å². The number of benzene rings is 8. The summed E-state index contributed by atoms with van der Waals surface area (Å²) in [7, 11) is 3.30. The maximum atomic E-state index is 11.0. The topological polar surface area (TPSA) is 58.3 Å². The van der Waals surface area contributed by atoms with Crippen LogP contribution in [0.1, 0.15) is 30.6 Å². The lowest BCUT2D eigenvalue weighted by atomic mass is 9.57. The Bertz CT molecular complexity index is 2970. The van der Waals surface area contributed by atoms with Gasteiger partial charge in [-0.15, -0.1) is 0 Å². The van der Waals surface area contributed by atoms with Crippen LogP contribution in [0.15, 0.2) is 146 Å². The van der Waals surface area contributed by atoms with E-state index in [2.05, 4.69) is 156 Å². The molecular formula is C48H38B2N2O2. The number of aromatic nitrogens is 2. The van der Waals surface area contributed by atoms with Crippen LogP contribution < -0.4 is 0 Å². The minimum Gasteiger partial charge on any atom is -0.374 e. The van der Waals surface area contributed by atoms with E-state index in [1.54, 1.807) is 0 Å². The van der Waals surface area contributed by atoms with E-state index < -0.39 is 11.0 Å². The maximum absolute atomic E-state index is 11.0. The molecule has 1 aromatic heterocycles. The van der Waals surface area contributed by atoms with Crippen LogP contribution in [0.4, 0.5) is 0 Å². The molecule has 0 aliphatic heterocycles. The third-order valence-electron chi connectivity index (χ3n) is 11.9. The summed E-state index contributed by atoms with van der Waals surface area (Å²) >= 11 is 0. The van der Waals surface area contributed by atoms with Crippen molar-refractivity contribution < 1.29 is 10.2 Å². The number of nitrogens with zero attached hydrogens (tertiary/aromatic N) is 2. The predicted octanol–water partition coefficient (Wildman–Crippen LogP) is 9.05. The Hall–Kier alpha value is -5.94. The minimum atomic E-state index is -1.99. The summed E-state index contributed by atoms with van der Waals surface area (Å²) in [6, 6.07) is 50.6. The van der Waals surface area contributed by atoms with Crippen LogP contribution in [-0.2, 0) is 11.7 Å². The third-order valence-corrected chi connectivity index (χ3v) is 11.9. The van der Waals surface area contributed by atoms with E-state index in [4.69, 9.17) is 4.98 Å². The predicted molar refractivity (Wildman–Crippen MR) is 231 cm³/mol. The van der Waals surface area contributed by atoms with E-state index in [1.165, 1.54) is 67.6 Å². The quantitative estimate of drug-likeness (QED) is 0.0818. The molecule has 9 aromatic rings. The van der Waals surface area contributed by atoms with E-state index in [-0.39, 0.29) is 0 Å². The molecule has 1 atom stereocenters. The Morgan fingerprint density at radius 2 is 1.07 bits per heavy atom. The number of aliphatic hydroxyl groups is 2. The van der Waals surface area contributed by atoms with E-state index in [1.807, 2.05) is 14.8 Å². The lowest BCUT2D eigenvalue weighted by molar-refractivity contribution is -0.116. The van der Waals surface area contributed by atoms with Crippen molar-refractivity contribution in [3.05, 3.63) is 163 Å². The summed E-state index contributed by atoms with van der Waals surface area (Å²) in [5.74, 6) is 0.632. The fraction of sp³-hybridized carbons (Fsp3) is 0.104. The van der Waals surface area contributed by atoms with Gasteiger partial charge in [0, 0.05) is 10.7 Å². The van der Waals surface area contributed by atoms with Crippen molar-refractivity contribution >= 4 is 75.6 Å². The van der Waals surface area contributed by atoms with Crippen LogP contribution >= 0.6 is 0 Å². The summed E-state index contributed by atoms with van der Waals surface area (Å²) in [4.78, 5) is 5.11. The second-order valence-corrected chi connectivity index (χ2v) is 15.4. The Kier molecular flexibility index (Phi) is 7.29. The molecule has 54 heavy (non-hydrogen) atoms. The van der Waals surface area contributed by atoms with Gasteiger partial charge < -0.3 is 10.2 Å². The zero-order valence-corrected chi connectivity index (χ0v) is 30.6. The molecular weight excluding hydrogens is 658 g/mol. The van der Waals surface area contributed by atoms with Crippen molar-refractivity contribution in [1.82, 2.24) is 9.55 Å². The van der Waals surface area contributed by atoms with E-state index in [0.29, 0.717) is 5.82 Å². The fourth-order valence-corrected chi connectivity index (χ4v) is 8.79. The molecule has 1 aliphatic rings. The minimum absolute atomic E-state index is 0.632. The summed E-state index contributed by atoms with van der Waals surface area (Å²) in [5.41, 5.74) is 5.77. The molecule has 0 bridgehead atoms. The van der Waals surface area contributed by atoms with Gasteiger partial charge in [-0.2, -0.15) is 0 Å². The van der Waals surface area contributed by atoms with E-state index >= 15 is 0 Å². The Balaban J connectivity index is 1.29. The van der Waals surface area contributed by atoms with Crippen molar-refractivity contribution in [2.24, 2.45) is 0 Å². The molecule has 1 heterocycles. The smallest absolute Gasteiger partial charge is 0.178 e. The number of hydrogen-bond donors (Lipinski definition) is 2. The van der Waals surface area contributed by atoms with Crippen molar-refractivity contribution in [3.63, 3.8) is 0 Å². The summed E-state index contributed by atoms with van der Waals surface area (Å²) in [6.07, 6.45) is 6.03. The van der Waals surface area contributed by atoms with Gasteiger partial charge in [0.25, 0.3) is 0 Å². The molecule has 1 unspecified atom stereocenters. The molecule has 4 nitrogen and oxygen atoms in total. The van der Waals surface area contributed by atoms with Crippen LogP contribution in [0.25, 0.3) is 87.9 Å². The van der Waals surface area contributed by atoms with Gasteiger partial charge in [0.2, 0.25) is 0 Å². The van der Waals surface area contributed by atoms with Gasteiger partial charge in [-0.05, 0) is 102 Å². The molecule has 8 aromatic carbocycles. The highest BCUT2D eigenvalue weighted by atomic mass is 16.5. The van der Waals surface area contributed by atoms with Crippen LogP contribution in [0.2, 0.25) is 0 Å². The highest BCUT2D eigenvalue weighted by molar-refractivity contribution is 6.27. The lowest BCUT2D eigenvalue weighted by Gasteiger charge is -2.36. The zero-order valence-electron chi connectivity index (χ0n) is 30.6. The Morgan fingerprint density at radius 1 is 0.574 bits per heavy atom. The first kappa shape index (κ1) is 32.7. The van der Waals surface area contributed by atoms with E-state index in [9.17, 15) is 10.2 Å². The van der Waals surface area contributed by atoms with Crippen molar-refractivity contribution in [3.8, 4) is 27.9 Å². The molecule has 0 spiro atoms. The number of aryl methyl sites for hydroxylation is 1. The first-order valence-corrected chi connectivity index (χ1v) is 18.8. The first-order valence-electron chi connectivity index (χ1n) is 18.8. The summed E-state index contributed by atoms with van der Waals surface area (Å²) < 4.78 is 2.16. The molecule has 0 radical (unpaired) electrons. The highest BCUT2D eigenvalue weighted by Gasteiger charge is 2.43. The van der Waals surface area contributed by atoms with Gasteiger partial charge >= 0.3 is 0 Å². The van der Waals surface area contributed by atoms with Gasteiger partial charge in [0.05, 0.1) is 17.1 Å². The third kappa shape index (κ3) is 4.77. The van der Waals surface area contributed by atoms with Crippen molar-refractivity contribution in [2.45, 2.75) is 30.8 Å². The van der Waals surface area contributed by atoms with Gasteiger partial charge in [0.15, 0.2) is 7.85 Å². The number of imidazole rings is 1. The molecule has 10 rings (SSSR count). The molecule has 0 saturated carbocycles. The molecule has 0 amide bonds. The highest BCUT2D eigenvalue weighted by Crippen LogP contribution is 2.48. The molecule has 6 heteroatoms. The first-order chi connectivity index (χ1) is 26.2. The lowest BCUT2D eigenvalue weighted by Crippen LogP contribution is -2.52. The number of allylic oxidation sites excluding steroid dienone is 1. The normalized spacial score (nSPS) is 14.3. The average molecular weight is 696 g/mol. The second kappa shape index (κ2) is 12.0. The average Bonchev–Trinajstić information content (AvgIpc) is 3.59. The summed E-state index contributed by atoms with van der Waals surface area (Å²) in [6.45, 7) is 1.86. The van der Waals surface area contributed by atoms with Crippen molar-refractivity contribution in [1.29, 1.82) is 0 Å². The Morgan fingerprint density at radius 3 is 1.69 bits per heavy atom. The number of fused-ring (bicyclic) bond motifs is 7. The van der Waals surface area contributed by atoms with Gasteiger partial charge in [0.1, 0.15) is 19.4 Å². The molecule has 0 fully saturated rings. The summed E-state index contributed by atoms with van der Waals surface area (Å²) in [5, 5.41) is 33.0. The van der Waals surface area contributed by atoms with Crippen LogP contribution in [0.3, 0.4) is 0 Å². The van der Waals surface area contributed by atoms with Crippen molar-refractivity contribution in [2.75, 3.05) is 0 Å². The number of rotatable bonds is 5. The van der Waals surface area contributed by atoms with Gasteiger partial charge in [-0.3, -0.25) is 4.57 Å². The van der Waals surface area contributed by atoms with Crippen LogP contribution in [0, 0.1) is 0 Å². The van der Waals surface area contributed by atoms with Gasteiger partial charge in [-0.25, -0.2) is 4.98 Å². The molecule has 2 N–H and O–H groups in total. The zero-order chi connectivity index (χ0) is 36.8. The van der Waals surface area contributed by atoms with Crippen LogP contribution in [0.5, 0.6) is 0 Å². The number of hydrogen-bond acceptors (Lipinski definition) is 3. The maximum Gasteiger partial charge on any atom is 0.178 e. The molecule has 1 aliphatic carbocycles. The van der Waals surface area contributed by atoms with E-state index in [0.717, 1.165) is 46.3 Å². The largest absolute Gasteiger partial charge is 0.374 e. The molecule has 258 valence electrons. The standard InChI is InChI=1S/C48H38B2N2O2/c1-47(49,48(50,53)54)46-51-41-24-12-13-25-43(41)52(46)42-27-26-39(33-18-6-7-19-34(33)42)44-35-20-8-10-22-37(35)45(38-23-11-9-21-36(38)44)40-28-29-14-2-3-15-30(29)31-16-4-5-17-32(31)40/h2-11,13-23,25-28,53-54H,12,24,49-50H2,1H3. The fourth-order valence-electron chi connectivity index (χ4n) is 8.79. The molecule has 0 saturated heterocycles. The Labute approximate surface area is 315 Å².